The molecule has 10 heteroatoms. The van der Waals surface area contributed by atoms with E-state index in [1.165, 1.54) is 12.1 Å². The van der Waals surface area contributed by atoms with Crippen LogP contribution in [0.2, 0.25) is 0 Å². The van der Waals surface area contributed by atoms with Crippen LogP contribution < -0.4 is 20.1 Å². The first-order valence-corrected chi connectivity index (χ1v) is 12.8. The van der Waals surface area contributed by atoms with E-state index in [4.69, 9.17) is 17.0 Å². The zero-order valence-electron chi connectivity index (χ0n) is 17.7. The summed E-state index contributed by atoms with van der Waals surface area (Å²) in [5, 5.41) is 5.58. The molecule has 0 aliphatic rings. The quantitative estimate of drug-likeness (QED) is 0.270. The minimum Gasteiger partial charge on any atom is -0.496 e. The average Bonchev–Trinajstić information content (AvgIpc) is 2.80. The number of nitrogens with one attached hydrogen (secondary N) is 3. The molecule has 0 saturated heterocycles. The van der Waals surface area contributed by atoms with Gasteiger partial charge in [0.2, 0.25) is 10.0 Å². The fraction of sp³-hybridized carbons (Fsp3) is 0.130. The van der Waals surface area contributed by atoms with Crippen LogP contribution in [0.25, 0.3) is 0 Å². The van der Waals surface area contributed by atoms with Gasteiger partial charge in [-0.05, 0) is 89.3 Å². The highest BCUT2D eigenvalue weighted by atomic mass is 127. The van der Waals surface area contributed by atoms with Gasteiger partial charge in [-0.2, -0.15) is 0 Å². The molecule has 33 heavy (non-hydrogen) atoms. The predicted molar refractivity (Wildman–Crippen MR) is 141 cm³/mol. The highest BCUT2D eigenvalue weighted by Crippen LogP contribution is 2.21. The Kier molecular flexibility index (Phi) is 8.78. The van der Waals surface area contributed by atoms with Crippen molar-refractivity contribution in [2.24, 2.45) is 0 Å². The summed E-state index contributed by atoms with van der Waals surface area (Å²) in [5.74, 6) is 0.312. The van der Waals surface area contributed by atoms with Crippen molar-refractivity contribution in [2.75, 3.05) is 19.0 Å². The summed E-state index contributed by atoms with van der Waals surface area (Å²) in [6.45, 7) is 0.298. The molecule has 3 aromatic rings. The molecule has 0 radical (unpaired) electrons. The Hall–Kier alpha value is -2.54. The van der Waals surface area contributed by atoms with Crippen molar-refractivity contribution in [3.63, 3.8) is 0 Å². The molecule has 3 rings (SSSR count). The Labute approximate surface area is 212 Å². The molecule has 3 aromatic carbocycles. The molecule has 1 amide bonds. The number of benzene rings is 3. The summed E-state index contributed by atoms with van der Waals surface area (Å²) in [7, 11) is -2.07. The van der Waals surface area contributed by atoms with Crippen molar-refractivity contribution >= 4 is 61.5 Å². The molecule has 0 unspecified atom stereocenters. The van der Waals surface area contributed by atoms with Gasteiger partial charge in [-0.3, -0.25) is 10.1 Å². The van der Waals surface area contributed by atoms with Crippen molar-refractivity contribution in [1.82, 2.24) is 10.0 Å². The standard InChI is InChI=1S/C23H22IN3O4S2/c1-31-21-12-7-17(15-20(21)24)22(28)27-23(32)26-18-8-10-19(11-9-18)33(29,30)25-14-13-16-5-3-2-4-6-16/h2-12,15,25H,13-14H2,1H3,(H2,26,27,28,32). The van der Waals surface area contributed by atoms with E-state index in [2.05, 4.69) is 37.9 Å². The van der Waals surface area contributed by atoms with E-state index in [0.717, 1.165) is 9.13 Å². The summed E-state index contributed by atoms with van der Waals surface area (Å²) in [4.78, 5) is 12.6. The third kappa shape index (κ3) is 7.22. The van der Waals surface area contributed by atoms with Gasteiger partial charge in [0.25, 0.3) is 5.91 Å². The summed E-state index contributed by atoms with van der Waals surface area (Å²) in [5.41, 5.74) is 2.04. The van der Waals surface area contributed by atoms with E-state index >= 15 is 0 Å². The number of ether oxygens (including phenoxy) is 1. The predicted octanol–water partition coefficient (Wildman–Crippen LogP) is 3.95. The molecule has 0 aliphatic carbocycles. The largest absolute Gasteiger partial charge is 0.496 e. The van der Waals surface area contributed by atoms with Gasteiger partial charge < -0.3 is 10.1 Å². The maximum Gasteiger partial charge on any atom is 0.257 e. The Morgan fingerprint density at radius 3 is 2.36 bits per heavy atom. The van der Waals surface area contributed by atoms with E-state index in [9.17, 15) is 13.2 Å². The first-order valence-electron chi connectivity index (χ1n) is 9.88. The molecular formula is C23H22IN3O4S2. The van der Waals surface area contributed by atoms with Crippen LogP contribution in [-0.2, 0) is 16.4 Å². The summed E-state index contributed by atoms with van der Waals surface area (Å²) < 4.78 is 33.6. The van der Waals surface area contributed by atoms with E-state index in [1.54, 1.807) is 37.4 Å². The number of rotatable bonds is 8. The average molecular weight is 595 g/mol. The highest BCUT2D eigenvalue weighted by molar-refractivity contribution is 14.1. The van der Waals surface area contributed by atoms with E-state index in [-0.39, 0.29) is 15.9 Å². The molecular weight excluding hydrogens is 573 g/mol. The zero-order valence-corrected chi connectivity index (χ0v) is 21.5. The normalized spacial score (nSPS) is 11.0. The minimum absolute atomic E-state index is 0.0995. The second-order valence-corrected chi connectivity index (χ2v) is 10.3. The van der Waals surface area contributed by atoms with Gasteiger partial charge in [0.1, 0.15) is 5.75 Å². The van der Waals surface area contributed by atoms with Gasteiger partial charge in [0, 0.05) is 17.8 Å². The second kappa shape index (κ2) is 11.5. The topological polar surface area (TPSA) is 96.5 Å². The molecule has 0 atom stereocenters. The van der Waals surface area contributed by atoms with Crippen molar-refractivity contribution in [3.05, 3.63) is 87.5 Å². The lowest BCUT2D eigenvalue weighted by atomic mass is 10.2. The number of hydrogen-bond donors (Lipinski definition) is 3. The number of carbonyl (C=O) groups excluding carboxylic acids is 1. The zero-order chi connectivity index (χ0) is 23.8. The highest BCUT2D eigenvalue weighted by Gasteiger charge is 2.14. The molecule has 7 nitrogen and oxygen atoms in total. The van der Waals surface area contributed by atoms with Crippen molar-refractivity contribution in [1.29, 1.82) is 0 Å². The maximum atomic E-state index is 12.5. The number of hydrogen-bond acceptors (Lipinski definition) is 5. The SMILES string of the molecule is COc1ccc(C(=O)NC(=S)Nc2ccc(S(=O)(=O)NCCc3ccccc3)cc2)cc1I. The Morgan fingerprint density at radius 2 is 1.73 bits per heavy atom. The van der Waals surface area contributed by atoms with Crippen LogP contribution in [0.5, 0.6) is 5.75 Å². The first kappa shape index (κ1) is 25.1. The van der Waals surface area contributed by atoms with Gasteiger partial charge in [0.15, 0.2) is 5.11 Å². The summed E-state index contributed by atoms with van der Waals surface area (Å²) in [6, 6.07) is 20.8. The summed E-state index contributed by atoms with van der Waals surface area (Å²) in [6.07, 6.45) is 0.598. The number of methoxy groups -OCH3 is 1. The van der Waals surface area contributed by atoms with Crippen LogP contribution in [0.3, 0.4) is 0 Å². The van der Waals surface area contributed by atoms with Crippen LogP contribution in [0.1, 0.15) is 15.9 Å². The monoisotopic (exact) mass is 595 g/mol. The molecule has 0 aliphatic heterocycles. The van der Waals surface area contributed by atoms with Crippen molar-refractivity contribution in [2.45, 2.75) is 11.3 Å². The second-order valence-electron chi connectivity index (χ2n) is 6.92. The number of halogens is 1. The fourth-order valence-electron chi connectivity index (χ4n) is 2.92. The molecule has 0 heterocycles. The fourth-order valence-corrected chi connectivity index (χ4v) is 4.90. The lowest BCUT2D eigenvalue weighted by Gasteiger charge is -2.11. The maximum absolute atomic E-state index is 12.5. The van der Waals surface area contributed by atoms with Gasteiger partial charge in [-0.1, -0.05) is 30.3 Å². The van der Waals surface area contributed by atoms with Crippen molar-refractivity contribution in [3.8, 4) is 5.75 Å². The number of anilines is 1. The van der Waals surface area contributed by atoms with Gasteiger partial charge >= 0.3 is 0 Å². The molecule has 172 valence electrons. The Morgan fingerprint density at radius 1 is 1.03 bits per heavy atom. The van der Waals surface area contributed by atoms with Gasteiger partial charge in [-0.15, -0.1) is 0 Å². The number of thiocarbonyl (C=S) groups is 1. The third-order valence-electron chi connectivity index (χ3n) is 4.61. The van der Waals surface area contributed by atoms with Crippen LogP contribution >= 0.6 is 34.8 Å². The third-order valence-corrected chi connectivity index (χ3v) is 7.14. The van der Waals surface area contributed by atoms with E-state index in [1.807, 2.05) is 30.3 Å². The minimum atomic E-state index is -3.63. The molecule has 0 spiro atoms. The smallest absolute Gasteiger partial charge is 0.257 e. The number of sulfonamides is 1. The van der Waals surface area contributed by atoms with Gasteiger partial charge in [0.05, 0.1) is 15.6 Å². The van der Waals surface area contributed by atoms with Gasteiger partial charge in [-0.25, -0.2) is 13.1 Å². The van der Waals surface area contributed by atoms with Crippen molar-refractivity contribution < 1.29 is 17.9 Å². The Bertz CT molecular complexity index is 1230. The first-order chi connectivity index (χ1) is 15.8. The number of carbonyl (C=O) groups is 1. The number of amides is 1. The Balaban J connectivity index is 1.54. The molecule has 0 saturated carbocycles. The van der Waals surface area contributed by atoms with Crippen LogP contribution in [0, 0.1) is 3.57 Å². The van der Waals surface area contributed by atoms with E-state index < -0.39 is 10.0 Å². The molecule has 0 bridgehead atoms. The molecule has 0 aromatic heterocycles. The van der Waals surface area contributed by atoms with Crippen LogP contribution in [-0.4, -0.2) is 33.1 Å². The van der Waals surface area contributed by atoms with E-state index in [0.29, 0.717) is 30.0 Å². The summed E-state index contributed by atoms with van der Waals surface area (Å²) >= 11 is 7.29. The lowest BCUT2D eigenvalue weighted by Crippen LogP contribution is -2.34. The van der Waals surface area contributed by atoms with Crippen LogP contribution in [0.15, 0.2) is 77.7 Å². The molecule has 3 N–H and O–H groups in total. The molecule has 0 fully saturated rings. The lowest BCUT2D eigenvalue weighted by molar-refractivity contribution is 0.0977. The van der Waals surface area contributed by atoms with Crippen LogP contribution in [0.4, 0.5) is 5.69 Å².